The molecule has 0 aliphatic heterocycles. The summed E-state index contributed by atoms with van der Waals surface area (Å²) in [6, 6.07) is -0.982. The zero-order valence-corrected chi connectivity index (χ0v) is 40.5. The average Bonchev–Trinajstić information content (AvgIpc) is 3.25. The number of rotatable bonds is 50. The highest BCUT2D eigenvalue weighted by atomic mass is 16.3. The first-order valence-corrected chi connectivity index (χ1v) is 27.1. The van der Waals surface area contributed by atoms with Gasteiger partial charge in [-0.2, -0.15) is 0 Å². The van der Waals surface area contributed by atoms with Gasteiger partial charge in [-0.25, -0.2) is 0 Å². The van der Waals surface area contributed by atoms with Crippen molar-refractivity contribution in [1.29, 1.82) is 0 Å². The number of aliphatic hydroxyl groups excluding tert-OH is 4. The number of hydrogen-bond acceptors (Lipinski definition) is 5. The molecule has 0 aromatic rings. The summed E-state index contributed by atoms with van der Waals surface area (Å²) >= 11 is 0. The van der Waals surface area contributed by atoms with Gasteiger partial charge in [0.05, 0.1) is 18.8 Å². The number of carbonyl (C=O) groups excluding carboxylic acids is 1. The maximum absolute atomic E-state index is 12.6. The number of unbranched alkanes of at least 4 members (excludes halogenated alkanes) is 39. The van der Waals surface area contributed by atoms with Gasteiger partial charge in [0.15, 0.2) is 0 Å². The molecular weight excluding hydrogens is 743 g/mol. The van der Waals surface area contributed by atoms with Crippen LogP contribution in [-0.2, 0) is 4.79 Å². The van der Waals surface area contributed by atoms with Crippen molar-refractivity contribution < 1.29 is 25.2 Å². The smallest absolute Gasteiger partial charge is 0.249 e. The van der Waals surface area contributed by atoms with Crippen LogP contribution < -0.4 is 5.32 Å². The molecule has 4 atom stereocenters. The average molecular weight is 850 g/mol. The lowest BCUT2D eigenvalue weighted by molar-refractivity contribution is -0.132. The third kappa shape index (κ3) is 42.4. The molecule has 1 amide bonds. The molecule has 0 aliphatic rings. The van der Waals surface area contributed by atoms with Crippen LogP contribution in [0.4, 0.5) is 0 Å². The van der Waals surface area contributed by atoms with Gasteiger partial charge in [-0.05, 0) is 38.5 Å². The van der Waals surface area contributed by atoms with Crippen molar-refractivity contribution in [3.63, 3.8) is 0 Å². The van der Waals surface area contributed by atoms with Gasteiger partial charge >= 0.3 is 0 Å². The molecule has 0 aromatic heterocycles. The van der Waals surface area contributed by atoms with Gasteiger partial charge in [0.2, 0.25) is 5.91 Å². The molecule has 5 N–H and O–H groups in total. The summed E-state index contributed by atoms with van der Waals surface area (Å²) in [5.41, 5.74) is 0. The van der Waals surface area contributed by atoms with E-state index in [4.69, 9.17) is 0 Å². The number of allylic oxidation sites excluding steroid dienone is 2. The molecule has 0 saturated carbocycles. The Labute approximate surface area is 374 Å². The van der Waals surface area contributed by atoms with E-state index in [9.17, 15) is 25.2 Å². The normalized spacial score (nSPS) is 13.9. The Kier molecular flexibility index (Phi) is 48.3. The monoisotopic (exact) mass is 850 g/mol. The largest absolute Gasteiger partial charge is 0.394 e. The fourth-order valence-corrected chi connectivity index (χ4v) is 8.70. The lowest BCUT2D eigenvalue weighted by Gasteiger charge is -2.27. The van der Waals surface area contributed by atoms with E-state index in [2.05, 4.69) is 31.3 Å². The van der Waals surface area contributed by atoms with E-state index >= 15 is 0 Å². The van der Waals surface area contributed by atoms with Crippen molar-refractivity contribution in [3.05, 3.63) is 12.2 Å². The van der Waals surface area contributed by atoms with Gasteiger partial charge in [0, 0.05) is 0 Å². The summed E-state index contributed by atoms with van der Waals surface area (Å²) in [6.45, 7) is 4.08. The van der Waals surface area contributed by atoms with Crippen LogP contribution in [0.5, 0.6) is 0 Å². The second kappa shape index (κ2) is 49.1. The Hall–Kier alpha value is -0.950. The van der Waals surface area contributed by atoms with Crippen LogP contribution in [0.15, 0.2) is 12.2 Å². The molecule has 0 aliphatic carbocycles. The molecule has 0 rings (SSSR count). The molecule has 0 bridgehead atoms. The van der Waals surface area contributed by atoms with E-state index in [0.29, 0.717) is 12.8 Å². The molecule has 6 heteroatoms. The molecule has 0 saturated heterocycles. The maximum Gasteiger partial charge on any atom is 0.249 e. The van der Waals surface area contributed by atoms with Gasteiger partial charge in [-0.1, -0.05) is 270 Å². The van der Waals surface area contributed by atoms with Gasteiger partial charge in [-0.15, -0.1) is 0 Å². The number of nitrogens with one attached hydrogen (secondary N) is 1. The second-order valence-corrected chi connectivity index (χ2v) is 18.9. The molecule has 6 nitrogen and oxygen atoms in total. The van der Waals surface area contributed by atoms with Crippen molar-refractivity contribution in [2.45, 2.75) is 321 Å². The van der Waals surface area contributed by atoms with Crippen LogP contribution in [0, 0.1) is 0 Å². The zero-order chi connectivity index (χ0) is 43.8. The predicted molar refractivity (Wildman–Crippen MR) is 261 cm³/mol. The van der Waals surface area contributed by atoms with E-state index in [0.717, 1.165) is 38.5 Å². The van der Waals surface area contributed by atoms with E-state index in [-0.39, 0.29) is 0 Å². The van der Waals surface area contributed by atoms with Crippen molar-refractivity contribution >= 4 is 5.91 Å². The van der Waals surface area contributed by atoms with Crippen molar-refractivity contribution in [2.24, 2.45) is 0 Å². The van der Waals surface area contributed by atoms with Crippen LogP contribution in [0.25, 0.3) is 0 Å². The van der Waals surface area contributed by atoms with E-state index < -0.39 is 36.9 Å². The van der Waals surface area contributed by atoms with Gasteiger partial charge < -0.3 is 25.7 Å². The molecule has 0 aromatic carbocycles. The number of amides is 1. The van der Waals surface area contributed by atoms with E-state index in [1.165, 1.54) is 231 Å². The van der Waals surface area contributed by atoms with E-state index in [1.54, 1.807) is 0 Å². The first-order chi connectivity index (χ1) is 29.5. The SMILES string of the molecule is CCCCCCCCCCCCCC/C=C\CCCCCCCCCCCCCCCC(O)C(=O)NC(CO)C(O)C(O)CCCCCCCCCCCCCCCCC. The predicted octanol–water partition coefficient (Wildman–Crippen LogP) is 15.3. The van der Waals surface area contributed by atoms with Crippen LogP contribution in [0.1, 0.15) is 296 Å². The summed E-state index contributed by atoms with van der Waals surface area (Å²) in [5.74, 6) is -0.579. The quantitative estimate of drug-likeness (QED) is 0.0309. The highest BCUT2D eigenvalue weighted by Crippen LogP contribution is 2.18. The third-order valence-corrected chi connectivity index (χ3v) is 13.0. The minimum absolute atomic E-state index is 0.373. The Balaban J connectivity index is 3.58. The summed E-state index contributed by atoms with van der Waals surface area (Å²) in [6.07, 6.45) is 57.0. The minimum atomic E-state index is -1.26. The Morgan fingerprint density at radius 1 is 0.400 bits per heavy atom. The number of carbonyl (C=O) groups is 1. The van der Waals surface area contributed by atoms with Gasteiger partial charge in [0.25, 0.3) is 0 Å². The molecule has 358 valence electrons. The Bertz CT molecular complexity index is 867. The summed E-state index contributed by atoms with van der Waals surface area (Å²) in [7, 11) is 0. The third-order valence-electron chi connectivity index (χ3n) is 13.0. The second-order valence-electron chi connectivity index (χ2n) is 18.9. The van der Waals surface area contributed by atoms with Gasteiger partial charge in [-0.3, -0.25) is 4.79 Å². The van der Waals surface area contributed by atoms with Crippen LogP contribution in [0.2, 0.25) is 0 Å². The maximum atomic E-state index is 12.6. The highest BCUT2D eigenvalue weighted by molar-refractivity contribution is 5.80. The Morgan fingerprint density at radius 2 is 0.667 bits per heavy atom. The van der Waals surface area contributed by atoms with Crippen molar-refractivity contribution in [1.82, 2.24) is 5.32 Å². The molecule has 0 radical (unpaired) electrons. The first kappa shape index (κ1) is 59.0. The van der Waals surface area contributed by atoms with Crippen LogP contribution in [0.3, 0.4) is 0 Å². The fourth-order valence-electron chi connectivity index (χ4n) is 8.70. The Morgan fingerprint density at radius 3 is 0.967 bits per heavy atom. The van der Waals surface area contributed by atoms with Crippen molar-refractivity contribution in [2.75, 3.05) is 6.61 Å². The molecule has 0 spiro atoms. The van der Waals surface area contributed by atoms with E-state index in [1.807, 2.05) is 0 Å². The zero-order valence-electron chi connectivity index (χ0n) is 40.5. The number of aliphatic hydroxyl groups is 4. The topological polar surface area (TPSA) is 110 Å². The van der Waals surface area contributed by atoms with Crippen LogP contribution >= 0.6 is 0 Å². The van der Waals surface area contributed by atoms with Crippen molar-refractivity contribution in [3.8, 4) is 0 Å². The lowest BCUT2D eigenvalue weighted by Crippen LogP contribution is -2.53. The lowest BCUT2D eigenvalue weighted by atomic mass is 9.99. The molecule has 0 heterocycles. The summed E-state index contributed by atoms with van der Waals surface area (Å²) < 4.78 is 0. The molecule has 4 unspecified atom stereocenters. The van der Waals surface area contributed by atoms with Crippen LogP contribution in [-0.4, -0.2) is 57.3 Å². The number of hydrogen-bond donors (Lipinski definition) is 5. The first-order valence-electron chi connectivity index (χ1n) is 27.1. The molecule has 60 heavy (non-hydrogen) atoms. The summed E-state index contributed by atoms with van der Waals surface area (Å²) in [5, 5.41) is 43.9. The minimum Gasteiger partial charge on any atom is -0.394 e. The molecule has 0 fully saturated rings. The highest BCUT2D eigenvalue weighted by Gasteiger charge is 2.28. The van der Waals surface area contributed by atoms with Gasteiger partial charge in [0.1, 0.15) is 12.2 Å². The fraction of sp³-hybridized carbons (Fsp3) is 0.944. The standard InChI is InChI=1S/C54H107NO5/c1-3-5-7-9-11-13-15-17-19-20-21-22-23-24-25-26-27-28-29-30-31-32-34-36-38-40-42-44-46-48-52(58)54(60)55-50(49-56)53(59)51(57)47-45-43-41-39-37-35-33-18-16-14-12-10-8-6-4-2/h24-25,50-53,56-59H,3-23,26-49H2,1-2H3,(H,55,60)/b25-24-. The molecular formula is C54H107NO5. The summed E-state index contributed by atoms with van der Waals surface area (Å²) in [4.78, 5) is 12.6.